The first-order valence-electron chi connectivity index (χ1n) is 6.92. The van der Waals surface area contributed by atoms with Gasteiger partial charge in [-0.1, -0.05) is 17.3 Å². The van der Waals surface area contributed by atoms with Crippen molar-refractivity contribution in [1.82, 2.24) is 10.1 Å². The number of carbonyl (C=O) groups is 1. The van der Waals surface area contributed by atoms with Crippen LogP contribution in [0, 0.1) is 13.8 Å². The normalized spacial score (nSPS) is 12.6. The molecule has 1 aromatic heterocycles. The number of benzene rings is 1. The van der Waals surface area contributed by atoms with E-state index in [1.165, 1.54) is 0 Å². The molecule has 0 aliphatic carbocycles. The van der Waals surface area contributed by atoms with Crippen molar-refractivity contribution in [3.05, 3.63) is 46.8 Å². The zero-order chi connectivity index (χ0) is 16.3. The minimum absolute atomic E-state index is 0.537. The van der Waals surface area contributed by atoms with E-state index in [0.29, 0.717) is 23.6 Å². The number of hydrogen-bond donors (Lipinski definition) is 1. The molecule has 118 valence electrons. The highest BCUT2D eigenvalue weighted by molar-refractivity contribution is 7.98. The molecule has 0 saturated heterocycles. The van der Waals surface area contributed by atoms with Crippen LogP contribution in [0.5, 0.6) is 0 Å². The molecular weight excluding hydrogens is 300 g/mol. The molecule has 0 aliphatic rings. The predicted octanol–water partition coefficient (Wildman–Crippen LogP) is 3.27. The minimum atomic E-state index is -0.905. The van der Waals surface area contributed by atoms with Gasteiger partial charge in [0.05, 0.1) is 5.69 Å². The summed E-state index contributed by atoms with van der Waals surface area (Å²) in [5.41, 5.74) is 2.33. The lowest BCUT2D eigenvalue weighted by atomic mass is 10.0. The highest BCUT2D eigenvalue weighted by atomic mass is 32.2. The van der Waals surface area contributed by atoms with Gasteiger partial charge in [-0.15, -0.1) is 11.8 Å². The van der Waals surface area contributed by atoms with Gasteiger partial charge in [-0.25, -0.2) is 0 Å². The van der Waals surface area contributed by atoms with Crippen molar-refractivity contribution in [1.29, 1.82) is 0 Å². The molecule has 0 radical (unpaired) electrons. The highest BCUT2D eigenvalue weighted by Gasteiger charge is 2.30. The summed E-state index contributed by atoms with van der Waals surface area (Å²) >= 11 is 1.67. The van der Waals surface area contributed by atoms with Gasteiger partial charge in [-0.05, 0) is 44.8 Å². The molecule has 5 nitrogen and oxygen atoms in total. The van der Waals surface area contributed by atoms with Crippen LogP contribution in [-0.2, 0) is 11.3 Å². The molecule has 1 heterocycles. The summed E-state index contributed by atoms with van der Waals surface area (Å²) in [6.45, 7) is 4.05. The molecule has 1 atom stereocenters. The van der Waals surface area contributed by atoms with Crippen LogP contribution in [0.4, 0.5) is 0 Å². The molecule has 1 aromatic carbocycles. The largest absolute Gasteiger partial charge is 0.480 e. The van der Waals surface area contributed by atoms with E-state index >= 15 is 0 Å². The van der Waals surface area contributed by atoms with Crippen molar-refractivity contribution in [2.75, 3.05) is 13.3 Å². The number of likely N-dealkylation sites (N-methyl/N-ethyl adjacent to an activating group) is 1. The second kappa shape index (κ2) is 6.98. The zero-order valence-electron chi connectivity index (χ0n) is 13.2. The number of carboxylic acid groups (broad SMARTS) is 1. The van der Waals surface area contributed by atoms with Crippen LogP contribution in [0.3, 0.4) is 0 Å². The van der Waals surface area contributed by atoms with Gasteiger partial charge in [-0.3, -0.25) is 9.69 Å². The fourth-order valence-corrected chi connectivity index (χ4v) is 3.05. The van der Waals surface area contributed by atoms with E-state index in [1.807, 2.05) is 24.5 Å². The lowest BCUT2D eigenvalue weighted by Crippen LogP contribution is -2.31. The number of aromatic nitrogens is 1. The Morgan fingerprint density at radius 3 is 2.73 bits per heavy atom. The summed E-state index contributed by atoms with van der Waals surface area (Å²) in [6, 6.07) is 7.33. The van der Waals surface area contributed by atoms with E-state index < -0.39 is 12.0 Å². The topological polar surface area (TPSA) is 66.6 Å². The molecule has 0 aliphatic heterocycles. The van der Waals surface area contributed by atoms with Crippen LogP contribution in [0.15, 0.2) is 33.7 Å². The van der Waals surface area contributed by atoms with E-state index in [9.17, 15) is 9.90 Å². The number of carboxylic acids is 1. The van der Waals surface area contributed by atoms with Crippen molar-refractivity contribution < 1.29 is 14.4 Å². The SMILES string of the molecule is CSc1cccc(CN(C)C(C(=O)O)c2c(C)noc2C)c1. The average molecular weight is 320 g/mol. The Kier molecular flexibility index (Phi) is 5.26. The number of rotatable bonds is 6. The summed E-state index contributed by atoms with van der Waals surface area (Å²) in [4.78, 5) is 14.7. The molecule has 0 bridgehead atoms. The van der Waals surface area contributed by atoms with E-state index in [4.69, 9.17) is 4.52 Å². The van der Waals surface area contributed by atoms with Gasteiger partial charge in [0, 0.05) is 17.0 Å². The number of aryl methyl sites for hydroxylation is 2. The number of aliphatic carboxylic acids is 1. The summed E-state index contributed by atoms with van der Waals surface area (Å²) < 4.78 is 5.12. The van der Waals surface area contributed by atoms with Crippen molar-refractivity contribution in [3.8, 4) is 0 Å². The second-order valence-corrected chi connectivity index (χ2v) is 6.12. The van der Waals surface area contributed by atoms with Gasteiger partial charge >= 0.3 is 5.97 Å². The van der Waals surface area contributed by atoms with E-state index in [-0.39, 0.29) is 0 Å². The molecule has 0 amide bonds. The number of thioether (sulfide) groups is 1. The first kappa shape index (κ1) is 16.6. The van der Waals surface area contributed by atoms with Crippen molar-refractivity contribution in [2.24, 2.45) is 0 Å². The van der Waals surface area contributed by atoms with E-state index in [1.54, 1.807) is 37.6 Å². The Balaban J connectivity index is 2.27. The lowest BCUT2D eigenvalue weighted by molar-refractivity contribution is -0.143. The van der Waals surface area contributed by atoms with Crippen LogP contribution in [0.1, 0.15) is 28.6 Å². The van der Waals surface area contributed by atoms with Gasteiger partial charge < -0.3 is 9.63 Å². The van der Waals surface area contributed by atoms with Gasteiger partial charge in [0.2, 0.25) is 0 Å². The summed E-state index contributed by atoms with van der Waals surface area (Å²) in [5.74, 6) is -0.354. The van der Waals surface area contributed by atoms with Crippen LogP contribution < -0.4 is 0 Å². The van der Waals surface area contributed by atoms with Gasteiger partial charge in [-0.2, -0.15) is 0 Å². The second-order valence-electron chi connectivity index (χ2n) is 5.25. The van der Waals surface area contributed by atoms with Crippen molar-refractivity contribution in [2.45, 2.75) is 31.3 Å². The zero-order valence-corrected chi connectivity index (χ0v) is 14.0. The van der Waals surface area contributed by atoms with Crippen LogP contribution in [0.25, 0.3) is 0 Å². The van der Waals surface area contributed by atoms with E-state index in [0.717, 1.165) is 10.5 Å². The van der Waals surface area contributed by atoms with Crippen LogP contribution in [-0.4, -0.2) is 34.4 Å². The monoisotopic (exact) mass is 320 g/mol. The molecule has 0 saturated carbocycles. The highest BCUT2D eigenvalue weighted by Crippen LogP contribution is 2.28. The standard InChI is InChI=1S/C16H20N2O3S/c1-10-14(11(2)21-17-10)15(16(19)20)18(3)9-12-6-5-7-13(8-12)22-4/h5-8,15H,9H2,1-4H3,(H,19,20). The average Bonchev–Trinajstić information content (AvgIpc) is 2.79. The van der Waals surface area contributed by atoms with Crippen molar-refractivity contribution >= 4 is 17.7 Å². The fourth-order valence-electron chi connectivity index (χ4n) is 2.56. The third-order valence-electron chi connectivity index (χ3n) is 3.60. The quantitative estimate of drug-likeness (QED) is 0.824. The van der Waals surface area contributed by atoms with Crippen molar-refractivity contribution in [3.63, 3.8) is 0 Å². The molecule has 6 heteroatoms. The first-order chi connectivity index (χ1) is 10.4. The molecule has 2 aromatic rings. The fraction of sp³-hybridized carbons (Fsp3) is 0.375. The third kappa shape index (κ3) is 3.51. The summed E-state index contributed by atoms with van der Waals surface area (Å²) in [6.07, 6.45) is 2.02. The number of nitrogens with zero attached hydrogens (tertiary/aromatic N) is 2. The minimum Gasteiger partial charge on any atom is -0.480 e. The summed E-state index contributed by atoms with van der Waals surface area (Å²) in [7, 11) is 1.80. The molecule has 0 spiro atoms. The first-order valence-corrected chi connectivity index (χ1v) is 8.15. The maximum absolute atomic E-state index is 11.7. The molecule has 2 rings (SSSR count). The van der Waals surface area contributed by atoms with E-state index in [2.05, 4.69) is 11.2 Å². The molecule has 1 unspecified atom stereocenters. The Hall–Kier alpha value is -1.79. The molecule has 22 heavy (non-hydrogen) atoms. The Bertz CT molecular complexity index is 650. The van der Waals surface area contributed by atoms with Gasteiger partial charge in [0.1, 0.15) is 11.8 Å². The maximum atomic E-state index is 11.7. The molecule has 1 N–H and O–H groups in total. The van der Waals surface area contributed by atoms with Crippen LogP contribution in [0.2, 0.25) is 0 Å². The predicted molar refractivity (Wildman–Crippen MR) is 86.0 cm³/mol. The molecular formula is C16H20N2O3S. The number of hydrogen-bond acceptors (Lipinski definition) is 5. The Morgan fingerprint density at radius 1 is 1.45 bits per heavy atom. The van der Waals surface area contributed by atoms with Gasteiger partial charge in [0.15, 0.2) is 0 Å². The van der Waals surface area contributed by atoms with Crippen LogP contribution >= 0.6 is 11.8 Å². The molecule has 0 fully saturated rings. The third-order valence-corrected chi connectivity index (χ3v) is 4.33. The smallest absolute Gasteiger partial charge is 0.325 e. The lowest BCUT2D eigenvalue weighted by Gasteiger charge is -2.24. The van der Waals surface area contributed by atoms with Gasteiger partial charge in [0.25, 0.3) is 0 Å². The summed E-state index contributed by atoms with van der Waals surface area (Å²) in [5, 5.41) is 13.5. The Morgan fingerprint density at radius 2 is 2.18 bits per heavy atom. The maximum Gasteiger partial charge on any atom is 0.325 e. The Labute approximate surface area is 134 Å².